The summed E-state index contributed by atoms with van der Waals surface area (Å²) < 4.78 is 5.78. The Kier molecular flexibility index (Phi) is 3.98. The van der Waals surface area contributed by atoms with E-state index in [0.717, 1.165) is 36.0 Å². The summed E-state index contributed by atoms with van der Waals surface area (Å²) in [6, 6.07) is 2.18. The number of benzene rings is 1. The molecule has 0 saturated carbocycles. The molecule has 1 aliphatic heterocycles. The molecule has 3 nitrogen and oxygen atoms in total. The third-order valence-corrected chi connectivity index (χ3v) is 4.98. The molecule has 1 aromatic heterocycles. The summed E-state index contributed by atoms with van der Waals surface area (Å²) in [7, 11) is 0. The fraction of sp³-hybridized carbons (Fsp3) is 0.526. The number of amides is 1. The van der Waals surface area contributed by atoms with Gasteiger partial charge >= 0.3 is 0 Å². The zero-order valence-corrected chi connectivity index (χ0v) is 14.0. The van der Waals surface area contributed by atoms with Crippen LogP contribution in [-0.4, -0.2) is 23.9 Å². The van der Waals surface area contributed by atoms with Gasteiger partial charge in [0.2, 0.25) is 5.91 Å². The summed E-state index contributed by atoms with van der Waals surface area (Å²) in [5.74, 6) is 0.845. The molecule has 1 unspecified atom stereocenters. The topological polar surface area (TPSA) is 33.5 Å². The van der Waals surface area contributed by atoms with Crippen molar-refractivity contribution in [1.29, 1.82) is 0 Å². The van der Waals surface area contributed by atoms with Gasteiger partial charge in [0.1, 0.15) is 5.58 Å². The molecule has 1 aliphatic rings. The van der Waals surface area contributed by atoms with Crippen LogP contribution in [0.25, 0.3) is 11.0 Å². The van der Waals surface area contributed by atoms with Crippen molar-refractivity contribution in [3.05, 3.63) is 34.6 Å². The summed E-state index contributed by atoms with van der Waals surface area (Å²) in [4.78, 5) is 14.6. The molecule has 1 aromatic carbocycles. The van der Waals surface area contributed by atoms with Crippen molar-refractivity contribution >= 4 is 16.9 Å². The first kappa shape index (κ1) is 15.1. The standard InChI is InChI=1S/C19H25NO2/c1-12-6-5-7-20(10-12)17(21)9-16-11-22-19-15(4)13(2)8-14(3)18(16)19/h8,11-12H,5-7,9-10H2,1-4H3. The van der Waals surface area contributed by atoms with Gasteiger partial charge in [0.05, 0.1) is 12.7 Å². The summed E-state index contributed by atoms with van der Waals surface area (Å²) in [5.41, 5.74) is 5.57. The van der Waals surface area contributed by atoms with Crippen molar-refractivity contribution in [2.45, 2.75) is 47.0 Å². The summed E-state index contributed by atoms with van der Waals surface area (Å²) >= 11 is 0. The predicted molar refractivity (Wildman–Crippen MR) is 89.1 cm³/mol. The Balaban J connectivity index is 1.88. The van der Waals surface area contributed by atoms with E-state index in [2.05, 4.69) is 33.8 Å². The number of furan rings is 1. The fourth-order valence-electron chi connectivity index (χ4n) is 3.61. The predicted octanol–water partition coefficient (Wildman–Crippen LogP) is 4.16. The monoisotopic (exact) mass is 299 g/mol. The maximum atomic E-state index is 12.6. The average Bonchev–Trinajstić information content (AvgIpc) is 2.89. The Bertz CT molecular complexity index is 714. The molecule has 0 aliphatic carbocycles. The van der Waals surface area contributed by atoms with Gasteiger partial charge in [-0.3, -0.25) is 4.79 Å². The van der Waals surface area contributed by atoms with Crippen LogP contribution in [0.2, 0.25) is 0 Å². The van der Waals surface area contributed by atoms with Crippen LogP contribution < -0.4 is 0 Å². The lowest BCUT2D eigenvalue weighted by atomic mass is 9.97. The van der Waals surface area contributed by atoms with Gasteiger partial charge in [-0.2, -0.15) is 0 Å². The van der Waals surface area contributed by atoms with E-state index < -0.39 is 0 Å². The van der Waals surface area contributed by atoms with Crippen molar-refractivity contribution < 1.29 is 9.21 Å². The average molecular weight is 299 g/mol. The maximum absolute atomic E-state index is 12.6. The van der Waals surface area contributed by atoms with E-state index in [4.69, 9.17) is 4.42 Å². The lowest BCUT2D eigenvalue weighted by molar-refractivity contribution is -0.132. The van der Waals surface area contributed by atoms with Crippen molar-refractivity contribution in [3.63, 3.8) is 0 Å². The molecule has 0 N–H and O–H groups in total. The Morgan fingerprint density at radius 2 is 2.09 bits per heavy atom. The van der Waals surface area contributed by atoms with Gasteiger partial charge in [-0.25, -0.2) is 0 Å². The molecule has 1 saturated heterocycles. The fourth-order valence-corrected chi connectivity index (χ4v) is 3.61. The van der Waals surface area contributed by atoms with Crippen LogP contribution in [0.5, 0.6) is 0 Å². The number of hydrogen-bond donors (Lipinski definition) is 0. The van der Waals surface area contributed by atoms with Gasteiger partial charge < -0.3 is 9.32 Å². The minimum atomic E-state index is 0.229. The van der Waals surface area contributed by atoms with Crippen LogP contribution in [0.3, 0.4) is 0 Å². The largest absolute Gasteiger partial charge is 0.464 e. The SMILES string of the molecule is Cc1cc(C)c2c(CC(=O)N3CCCC(C)C3)coc2c1C. The number of carbonyl (C=O) groups is 1. The third-order valence-electron chi connectivity index (χ3n) is 4.98. The van der Waals surface area contributed by atoms with Crippen LogP contribution in [0, 0.1) is 26.7 Å². The Hall–Kier alpha value is -1.77. The normalized spacial score (nSPS) is 18.9. The maximum Gasteiger partial charge on any atom is 0.227 e. The van der Waals surface area contributed by atoms with Crippen molar-refractivity contribution in [1.82, 2.24) is 4.90 Å². The first-order chi connectivity index (χ1) is 10.5. The number of aryl methyl sites for hydroxylation is 3. The third kappa shape index (κ3) is 2.65. The lowest BCUT2D eigenvalue weighted by Gasteiger charge is -2.31. The number of piperidine rings is 1. The molecule has 0 spiro atoms. The van der Waals surface area contributed by atoms with Gasteiger partial charge in [0.15, 0.2) is 0 Å². The molecule has 1 atom stereocenters. The van der Waals surface area contributed by atoms with Crippen LogP contribution >= 0.6 is 0 Å². The van der Waals surface area contributed by atoms with Crippen LogP contribution in [0.4, 0.5) is 0 Å². The number of nitrogens with zero attached hydrogens (tertiary/aromatic N) is 1. The highest BCUT2D eigenvalue weighted by Crippen LogP contribution is 2.30. The molecule has 0 radical (unpaired) electrons. The van der Waals surface area contributed by atoms with Crippen molar-refractivity contribution in [3.8, 4) is 0 Å². The van der Waals surface area contributed by atoms with Gasteiger partial charge in [-0.05, 0) is 56.2 Å². The van der Waals surface area contributed by atoms with E-state index in [0.29, 0.717) is 12.3 Å². The Morgan fingerprint density at radius 1 is 1.32 bits per heavy atom. The molecule has 2 aromatic rings. The number of hydrogen-bond acceptors (Lipinski definition) is 2. The van der Waals surface area contributed by atoms with Crippen molar-refractivity contribution in [2.24, 2.45) is 5.92 Å². The van der Waals surface area contributed by atoms with Gasteiger partial charge in [0, 0.05) is 24.0 Å². The van der Waals surface area contributed by atoms with Crippen LogP contribution in [0.15, 0.2) is 16.7 Å². The Morgan fingerprint density at radius 3 is 2.82 bits per heavy atom. The highest BCUT2D eigenvalue weighted by Gasteiger charge is 2.23. The highest BCUT2D eigenvalue weighted by molar-refractivity contribution is 5.91. The smallest absolute Gasteiger partial charge is 0.227 e. The van der Waals surface area contributed by atoms with Crippen LogP contribution in [-0.2, 0) is 11.2 Å². The molecule has 1 amide bonds. The molecule has 0 bridgehead atoms. The Labute approximate surface area is 132 Å². The van der Waals surface area contributed by atoms with E-state index in [1.807, 2.05) is 4.90 Å². The first-order valence-electron chi connectivity index (χ1n) is 8.22. The van der Waals surface area contributed by atoms with Gasteiger partial charge in [0.25, 0.3) is 0 Å². The van der Waals surface area contributed by atoms with Gasteiger partial charge in [-0.1, -0.05) is 13.0 Å². The van der Waals surface area contributed by atoms with Crippen LogP contribution in [0.1, 0.15) is 42.0 Å². The minimum Gasteiger partial charge on any atom is -0.464 e. The second-order valence-electron chi connectivity index (χ2n) is 6.86. The molecule has 3 heteroatoms. The number of likely N-dealkylation sites (tertiary alicyclic amines) is 1. The van der Waals surface area contributed by atoms with E-state index in [-0.39, 0.29) is 5.91 Å². The number of fused-ring (bicyclic) bond motifs is 1. The molecule has 118 valence electrons. The van der Waals surface area contributed by atoms with E-state index in [9.17, 15) is 4.79 Å². The first-order valence-corrected chi connectivity index (χ1v) is 8.22. The number of carbonyl (C=O) groups excluding carboxylic acids is 1. The molecular formula is C19H25NO2. The van der Waals surface area contributed by atoms with Crippen molar-refractivity contribution in [2.75, 3.05) is 13.1 Å². The minimum absolute atomic E-state index is 0.229. The molecule has 2 heterocycles. The summed E-state index contributed by atoms with van der Waals surface area (Å²) in [5, 5.41) is 1.13. The summed E-state index contributed by atoms with van der Waals surface area (Å²) in [6.07, 6.45) is 4.57. The molecule has 1 fully saturated rings. The zero-order chi connectivity index (χ0) is 15.9. The zero-order valence-electron chi connectivity index (χ0n) is 14.0. The van der Waals surface area contributed by atoms with Gasteiger partial charge in [-0.15, -0.1) is 0 Å². The van der Waals surface area contributed by atoms with E-state index >= 15 is 0 Å². The molecule has 22 heavy (non-hydrogen) atoms. The highest BCUT2D eigenvalue weighted by atomic mass is 16.3. The molecular weight excluding hydrogens is 274 g/mol. The second kappa shape index (κ2) is 5.79. The lowest BCUT2D eigenvalue weighted by Crippen LogP contribution is -2.39. The van der Waals surface area contributed by atoms with E-state index in [1.165, 1.54) is 23.1 Å². The number of rotatable bonds is 2. The quantitative estimate of drug-likeness (QED) is 0.834. The molecule has 3 rings (SSSR count). The van der Waals surface area contributed by atoms with E-state index in [1.54, 1.807) is 6.26 Å². The summed E-state index contributed by atoms with van der Waals surface area (Å²) in [6.45, 7) is 10.3. The second-order valence-corrected chi connectivity index (χ2v) is 6.86.